The van der Waals surface area contributed by atoms with Crippen molar-refractivity contribution in [3.05, 3.63) is 89.5 Å². The lowest BCUT2D eigenvalue weighted by Crippen LogP contribution is -2.22. The monoisotopic (exact) mass is 431 g/mol. The highest BCUT2D eigenvalue weighted by Crippen LogP contribution is 2.23. The molecule has 0 bridgehead atoms. The minimum absolute atomic E-state index is 0.0790. The fraction of sp³-hybridized carbons (Fsp3) is 0.259. The maximum atomic E-state index is 12.1. The molecule has 3 aromatic rings. The van der Waals surface area contributed by atoms with Crippen LogP contribution in [0.2, 0.25) is 0 Å². The molecule has 0 radical (unpaired) electrons. The van der Waals surface area contributed by atoms with Crippen LogP contribution in [0.1, 0.15) is 36.0 Å². The quantitative estimate of drug-likeness (QED) is 0.412. The molecule has 0 aliphatic heterocycles. The third-order valence-corrected chi connectivity index (χ3v) is 5.20. The number of carboxylic acids is 1. The molecule has 0 aliphatic rings. The van der Waals surface area contributed by atoms with Crippen molar-refractivity contribution in [3.8, 4) is 16.9 Å². The summed E-state index contributed by atoms with van der Waals surface area (Å²) in [6, 6.07) is 23.8. The van der Waals surface area contributed by atoms with Crippen LogP contribution < -0.4 is 10.1 Å². The standard InChI is InChI=1S/C27H29NO4/c1-20-5-4-7-21(17-20)6-2-3-8-26(29)28-18-22-9-11-23(12-10-22)24-13-15-25(16-14-24)32-19-27(30)31/h4-5,7,9-17H,2-3,6,8,18-19H2,1H3,(H,28,29)(H,30,31). The van der Waals surface area contributed by atoms with Crippen LogP contribution in [0.3, 0.4) is 0 Å². The van der Waals surface area contributed by atoms with Crippen LogP contribution in [0, 0.1) is 6.92 Å². The van der Waals surface area contributed by atoms with Crippen LogP contribution in [0.25, 0.3) is 11.1 Å². The Kier molecular flexibility index (Phi) is 8.44. The van der Waals surface area contributed by atoms with E-state index in [9.17, 15) is 9.59 Å². The van der Waals surface area contributed by atoms with Crippen molar-refractivity contribution in [1.29, 1.82) is 0 Å². The van der Waals surface area contributed by atoms with Gasteiger partial charge >= 0.3 is 5.97 Å². The van der Waals surface area contributed by atoms with Gasteiger partial charge in [0.1, 0.15) is 5.75 Å². The number of carbonyl (C=O) groups excluding carboxylic acids is 1. The molecule has 3 rings (SSSR count). The molecule has 0 fully saturated rings. The van der Waals surface area contributed by atoms with Gasteiger partial charge in [-0.3, -0.25) is 4.79 Å². The second-order valence-electron chi connectivity index (χ2n) is 7.88. The fourth-order valence-electron chi connectivity index (χ4n) is 3.48. The number of hydrogen-bond acceptors (Lipinski definition) is 3. The first kappa shape index (κ1) is 23.1. The molecule has 3 aromatic carbocycles. The zero-order chi connectivity index (χ0) is 22.8. The number of unbranched alkanes of at least 4 members (excludes halogenated alkanes) is 1. The Hall–Kier alpha value is -3.60. The Morgan fingerprint density at radius 1 is 0.875 bits per heavy atom. The average Bonchev–Trinajstić information content (AvgIpc) is 2.80. The Morgan fingerprint density at radius 3 is 2.22 bits per heavy atom. The molecular weight excluding hydrogens is 402 g/mol. The number of ether oxygens (including phenoxy) is 1. The summed E-state index contributed by atoms with van der Waals surface area (Å²) in [6.45, 7) is 2.25. The molecule has 0 unspecified atom stereocenters. The van der Waals surface area contributed by atoms with Gasteiger partial charge < -0.3 is 15.2 Å². The first-order chi connectivity index (χ1) is 15.5. The molecule has 0 spiro atoms. The highest BCUT2D eigenvalue weighted by Gasteiger charge is 2.04. The van der Waals surface area contributed by atoms with Crippen molar-refractivity contribution in [2.75, 3.05) is 6.61 Å². The minimum atomic E-state index is -1.00. The second-order valence-corrected chi connectivity index (χ2v) is 7.88. The van der Waals surface area contributed by atoms with Crippen molar-refractivity contribution in [2.45, 2.75) is 39.2 Å². The van der Waals surface area contributed by atoms with E-state index in [0.29, 0.717) is 18.7 Å². The summed E-state index contributed by atoms with van der Waals surface area (Å²) in [6.07, 6.45) is 3.43. The molecule has 1 amide bonds. The summed E-state index contributed by atoms with van der Waals surface area (Å²) >= 11 is 0. The molecule has 32 heavy (non-hydrogen) atoms. The largest absolute Gasteiger partial charge is 0.482 e. The summed E-state index contributed by atoms with van der Waals surface area (Å²) in [5, 5.41) is 11.7. The molecule has 0 atom stereocenters. The van der Waals surface area contributed by atoms with E-state index in [2.05, 4.69) is 36.5 Å². The first-order valence-electron chi connectivity index (χ1n) is 10.9. The van der Waals surface area contributed by atoms with E-state index in [4.69, 9.17) is 9.84 Å². The topological polar surface area (TPSA) is 75.6 Å². The molecule has 5 nitrogen and oxygen atoms in total. The fourth-order valence-corrected chi connectivity index (χ4v) is 3.48. The highest BCUT2D eigenvalue weighted by atomic mass is 16.5. The zero-order valence-corrected chi connectivity index (χ0v) is 18.3. The van der Waals surface area contributed by atoms with Gasteiger partial charge in [-0.05, 0) is 60.6 Å². The van der Waals surface area contributed by atoms with Gasteiger partial charge in [0.25, 0.3) is 0 Å². The van der Waals surface area contributed by atoms with E-state index >= 15 is 0 Å². The molecule has 0 saturated carbocycles. The summed E-state index contributed by atoms with van der Waals surface area (Å²) < 4.78 is 5.15. The van der Waals surface area contributed by atoms with Crippen LogP contribution in [0.15, 0.2) is 72.8 Å². The number of carbonyl (C=O) groups is 2. The summed E-state index contributed by atoms with van der Waals surface area (Å²) in [7, 11) is 0. The third-order valence-electron chi connectivity index (χ3n) is 5.20. The number of nitrogens with one attached hydrogen (secondary N) is 1. The number of aliphatic carboxylic acids is 1. The predicted octanol–water partition coefficient (Wildman–Crippen LogP) is 5.15. The lowest BCUT2D eigenvalue weighted by Gasteiger charge is -2.08. The van der Waals surface area contributed by atoms with Crippen LogP contribution in [-0.2, 0) is 22.6 Å². The normalized spacial score (nSPS) is 10.5. The number of carboxylic acid groups (broad SMARTS) is 1. The molecule has 5 heteroatoms. The first-order valence-corrected chi connectivity index (χ1v) is 10.9. The number of rotatable bonds is 11. The Bertz CT molecular complexity index is 1030. The van der Waals surface area contributed by atoms with Gasteiger partial charge in [0.05, 0.1) is 0 Å². The van der Waals surface area contributed by atoms with Gasteiger partial charge in [-0.15, -0.1) is 0 Å². The van der Waals surface area contributed by atoms with Gasteiger partial charge in [0.15, 0.2) is 6.61 Å². The molecule has 0 heterocycles. The van der Waals surface area contributed by atoms with Gasteiger partial charge in [-0.2, -0.15) is 0 Å². The van der Waals surface area contributed by atoms with Crippen LogP contribution in [-0.4, -0.2) is 23.6 Å². The van der Waals surface area contributed by atoms with Gasteiger partial charge in [-0.1, -0.05) is 66.2 Å². The van der Waals surface area contributed by atoms with E-state index in [-0.39, 0.29) is 12.5 Å². The SMILES string of the molecule is Cc1cccc(CCCCC(=O)NCc2ccc(-c3ccc(OCC(=O)O)cc3)cc2)c1. The van der Waals surface area contributed by atoms with Crippen molar-refractivity contribution in [3.63, 3.8) is 0 Å². The number of benzene rings is 3. The van der Waals surface area contributed by atoms with Crippen LogP contribution in [0.5, 0.6) is 5.75 Å². The van der Waals surface area contributed by atoms with Crippen LogP contribution in [0.4, 0.5) is 0 Å². The van der Waals surface area contributed by atoms with E-state index in [1.54, 1.807) is 12.1 Å². The summed E-state index contributed by atoms with van der Waals surface area (Å²) in [5.74, 6) is -0.399. The molecule has 0 aliphatic carbocycles. The Morgan fingerprint density at radius 2 is 1.56 bits per heavy atom. The second kappa shape index (κ2) is 11.7. The molecule has 166 valence electrons. The molecule has 0 aromatic heterocycles. The zero-order valence-electron chi connectivity index (χ0n) is 18.3. The summed E-state index contributed by atoms with van der Waals surface area (Å²) in [5.41, 5.74) is 5.70. The molecule has 2 N–H and O–H groups in total. The van der Waals surface area contributed by atoms with E-state index in [1.807, 2.05) is 36.4 Å². The average molecular weight is 432 g/mol. The molecular formula is C27H29NO4. The number of amides is 1. The van der Waals surface area contributed by atoms with E-state index in [0.717, 1.165) is 36.0 Å². The Balaban J connectivity index is 1.39. The summed E-state index contributed by atoms with van der Waals surface area (Å²) in [4.78, 5) is 22.7. The van der Waals surface area contributed by atoms with Gasteiger partial charge in [0.2, 0.25) is 5.91 Å². The predicted molar refractivity (Wildman–Crippen MR) is 126 cm³/mol. The van der Waals surface area contributed by atoms with Gasteiger partial charge in [-0.25, -0.2) is 4.79 Å². The highest BCUT2D eigenvalue weighted by molar-refractivity contribution is 5.75. The molecule has 0 saturated heterocycles. The minimum Gasteiger partial charge on any atom is -0.482 e. The third kappa shape index (κ3) is 7.58. The van der Waals surface area contributed by atoms with E-state index < -0.39 is 5.97 Å². The lowest BCUT2D eigenvalue weighted by atomic mass is 10.0. The van der Waals surface area contributed by atoms with Crippen molar-refractivity contribution in [2.24, 2.45) is 0 Å². The lowest BCUT2D eigenvalue weighted by molar-refractivity contribution is -0.139. The maximum Gasteiger partial charge on any atom is 0.341 e. The number of hydrogen-bond donors (Lipinski definition) is 2. The van der Waals surface area contributed by atoms with Gasteiger partial charge in [0, 0.05) is 13.0 Å². The Labute approximate surface area is 189 Å². The number of aryl methyl sites for hydroxylation is 2. The smallest absolute Gasteiger partial charge is 0.341 e. The van der Waals surface area contributed by atoms with E-state index in [1.165, 1.54) is 11.1 Å². The maximum absolute atomic E-state index is 12.1. The van der Waals surface area contributed by atoms with Crippen molar-refractivity contribution in [1.82, 2.24) is 5.32 Å². The van der Waals surface area contributed by atoms with Crippen LogP contribution >= 0.6 is 0 Å². The van der Waals surface area contributed by atoms with Crippen molar-refractivity contribution >= 4 is 11.9 Å². The van der Waals surface area contributed by atoms with Crippen molar-refractivity contribution < 1.29 is 19.4 Å².